The molecule has 1 saturated heterocycles. The highest BCUT2D eigenvalue weighted by atomic mass is 32.1. The summed E-state index contributed by atoms with van der Waals surface area (Å²) < 4.78 is 11.2. The van der Waals surface area contributed by atoms with Crippen molar-refractivity contribution < 1.29 is 14.3 Å². The fourth-order valence-electron chi connectivity index (χ4n) is 3.42. The van der Waals surface area contributed by atoms with Crippen LogP contribution in [-0.4, -0.2) is 37.3 Å². The lowest BCUT2D eigenvalue weighted by molar-refractivity contribution is 0.0977. The Morgan fingerprint density at radius 1 is 0.938 bits per heavy atom. The molecule has 0 aliphatic carbocycles. The van der Waals surface area contributed by atoms with Crippen molar-refractivity contribution in [2.24, 2.45) is 0 Å². The first-order valence-electron chi connectivity index (χ1n) is 10.5. The van der Waals surface area contributed by atoms with Crippen molar-refractivity contribution in [1.82, 2.24) is 5.32 Å². The van der Waals surface area contributed by atoms with E-state index in [2.05, 4.69) is 15.5 Å². The first-order valence-corrected chi connectivity index (χ1v) is 10.9. The van der Waals surface area contributed by atoms with Crippen LogP contribution in [0.25, 0.3) is 0 Å². The molecule has 2 N–H and O–H groups in total. The molecule has 1 aliphatic rings. The van der Waals surface area contributed by atoms with Crippen molar-refractivity contribution in [2.45, 2.75) is 6.61 Å². The number of ether oxygens (including phenoxy) is 2. The van der Waals surface area contributed by atoms with Crippen molar-refractivity contribution >= 4 is 34.6 Å². The van der Waals surface area contributed by atoms with E-state index >= 15 is 0 Å². The van der Waals surface area contributed by atoms with E-state index in [9.17, 15) is 4.79 Å². The van der Waals surface area contributed by atoms with Gasteiger partial charge in [-0.15, -0.1) is 0 Å². The van der Waals surface area contributed by atoms with Gasteiger partial charge in [0.1, 0.15) is 12.4 Å². The lowest BCUT2D eigenvalue weighted by atomic mass is 10.1. The molecule has 3 aromatic rings. The van der Waals surface area contributed by atoms with E-state index in [0.717, 1.165) is 35.8 Å². The summed E-state index contributed by atoms with van der Waals surface area (Å²) in [6, 6.07) is 24.8. The van der Waals surface area contributed by atoms with Gasteiger partial charge in [0.25, 0.3) is 5.91 Å². The smallest absolute Gasteiger partial charge is 0.257 e. The van der Waals surface area contributed by atoms with Gasteiger partial charge in [0.2, 0.25) is 0 Å². The van der Waals surface area contributed by atoms with Gasteiger partial charge in [-0.05, 0) is 54.2 Å². The zero-order valence-corrected chi connectivity index (χ0v) is 18.4. The molecule has 164 valence electrons. The van der Waals surface area contributed by atoms with Gasteiger partial charge < -0.3 is 19.7 Å². The largest absolute Gasteiger partial charge is 0.489 e. The van der Waals surface area contributed by atoms with Crippen LogP contribution in [0.15, 0.2) is 78.9 Å². The van der Waals surface area contributed by atoms with Crippen LogP contribution in [0, 0.1) is 0 Å². The Hall–Kier alpha value is -3.42. The number of nitrogens with zero attached hydrogens (tertiary/aromatic N) is 1. The Bertz CT molecular complexity index is 1050. The van der Waals surface area contributed by atoms with Crippen LogP contribution in [0.3, 0.4) is 0 Å². The lowest BCUT2D eigenvalue weighted by Gasteiger charge is -2.30. The molecule has 0 unspecified atom stereocenters. The first-order chi connectivity index (χ1) is 15.7. The van der Waals surface area contributed by atoms with Gasteiger partial charge in [-0.25, -0.2) is 0 Å². The van der Waals surface area contributed by atoms with Gasteiger partial charge in [-0.3, -0.25) is 10.1 Å². The maximum absolute atomic E-state index is 12.6. The fraction of sp³-hybridized carbons (Fsp3) is 0.200. The highest BCUT2D eigenvalue weighted by Crippen LogP contribution is 2.26. The second kappa shape index (κ2) is 10.7. The van der Waals surface area contributed by atoms with Gasteiger partial charge in [0.05, 0.1) is 24.6 Å². The van der Waals surface area contributed by atoms with Crippen molar-refractivity contribution in [3.63, 3.8) is 0 Å². The zero-order valence-electron chi connectivity index (χ0n) is 17.6. The standard InChI is InChI=1S/C25H25N3O3S/c29-24(20-12-10-19(11-13-20)18-31-21-6-2-1-3-7-21)27-25(32)26-22-8-4-5-9-23(22)28-14-16-30-17-15-28/h1-13H,14-18H2,(H2,26,27,29,32). The van der Waals surface area contributed by atoms with Crippen molar-refractivity contribution in [2.75, 3.05) is 36.5 Å². The number of nitrogens with one attached hydrogen (secondary N) is 2. The molecule has 1 aliphatic heterocycles. The number of carbonyl (C=O) groups is 1. The Labute approximate surface area is 193 Å². The van der Waals surface area contributed by atoms with E-state index in [1.54, 1.807) is 12.1 Å². The minimum Gasteiger partial charge on any atom is -0.489 e. The molecular weight excluding hydrogens is 422 g/mol. The third-order valence-corrected chi connectivity index (χ3v) is 5.30. The third-order valence-electron chi connectivity index (χ3n) is 5.10. The summed E-state index contributed by atoms with van der Waals surface area (Å²) in [6.07, 6.45) is 0. The monoisotopic (exact) mass is 447 g/mol. The number of hydrogen-bond acceptors (Lipinski definition) is 5. The lowest BCUT2D eigenvalue weighted by Crippen LogP contribution is -2.38. The molecule has 0 spiro atoms. The van der Waals surface area contributed by atoms with Gasteiger partial charge >= 0.3 is 0 Å². The molecule has 4 rings (SSSR count). The average molecular weight is 448 g/mol. The van der Waals surface area contributed by atoms with Crippen molar-refractivity contribution in [3.05, 3.63) is 90.0 Å². The fourth-order valence-corrected chi connectivity index (χ4v) is 3.63. The van der Waals surface area contributed by atoms with Crippen LogP contribution in [-0.2, 0) is 11.3 Å². The zero-order chi connectivity index (χ0) is 22.2. The van der Waals surface area contributed by atoms with E-state index < -0.39 is 0 Å². The van der Waals surface area contributed by atoms with E-state index in [1.807, 2.05) is 66.7 Å². The second-order valence-corrected chi connectivity index (χ2v) is 7.73. The van der Waals surface area contributed by atoms with Crippen LogP contribution >= 0.6 is 12.2 Å². The molecule has 1 heterocycles. The maximum atomic E-state index is 12.6. The molecule has 0 atom stereocenters. The predicted molar refractivity (Wildman–Crippen MR) is 130 cm³/mol. The number of morpholine rings is 1. The number of hydrogen-bond donors (Lipinski definition) is 2. The molecule has 0 radical (unpaired) electrons. The summed E-state index contributed by atoms with van der Waals surface area (Å²) >= 11 is 5.39. The minimum atomic E-state index is -0.262. The SMILES string of the molecule is O=C(NC(=S)Nc1ccccc1N1CCOCC1)c1ccc(COc2ccccc2)cc1. The highest BCUT2D eigenvalue weighted by Gasteiger charge is 2.16. The Morgan fingerprint density at radius 3 is 2.38 bits per heavy atom. The Kier molecular flexibility index (Phi) is 7.32. The number of rotatable bonds is 6. The van der Waals surface area contributed by atoms with Gasteiger partial charge in [-0.1, -0.05) is 42.5 Å². The van der Waals surface area contributed by atoms with E-state index in [-0.39, 0.29) is 11.0 Å². The number of amides is 1. The summed E-state index contributed by atoms with van der Waals surface area (Å²) in [7, 11) is 0. The number of anilines is 2. The van der Waals surface area contributed by atoms with E-state index in [1.165, 1.54) is 0 Å². The number of thiocarbonyl (C=S) groups is 1. The summed E-state index contributed by atoms with van der Waals surface area (Å²) in [5.41, 5.74) is 3.40. The summed E-state index contributed by atoms with van der Waals surface area (Å²) in [5, 5.41) is 6.17. The Morgan fingerprint density at radius 2 is 1.62 bits per heavy atom. The van der Waals surface area contributed by atoms with Gasteiger partial charge in [0, 0.05) is 18.7 Å². The van der Waals surface area contributed by atoms with Gasteiger partial charge in [-0.2, -0.15) is 0 Å². The van der Waals surface area contributed by atoms with Crippen LogP contribution in [0.5, 0.6) is 5.75 Å². The third kappa shape index (κ3) is 5.84. The second-order valence-electron chi connectivity index (χ2n) is 7.32. The van der Waals surface area contributed by atoms with E-state index in [0.29, 0.717) is 25.4 Å². The molecule has 1 fully saturated rings. The molecule has 7 heteroatoms. The van der Waals surface area contributed by atoms with Crippen LogP contribution < -0.4 is 20.3 Å². The molecule has 1 amide bonds. The molecule has 0 aromatic heterocycles. The van der Waals surface area contributed by atoms with Crippen LogP contribution in [0.1, 0.15) is 15.9 Å². The van der Waals surface area contributed by atoms with Crippen molar-refractivity contribution in [3.8, 4) is 5.75 Å². The van der Waals surface area contributed by atoms with E-state index in [4.69, 9.17) is 21.7 Å². The molecule has 32 heavy (non-hydrogen) atoms. The predicted octanol–water partition coefficient (Wildman–Crippen LogP) is 4.23. The van der Waals surface area contributed by atoms with Crippen LogP contribution in [0.2, 0.25) is 0 Å². The molecule has 0 bridgehead atoms. The quantitative estimate of drug-likeness (QED) is 0.552. The highest BCUT2D eigenvalue weighted by molar-refractivity contribution is 7.80. The topological polar surface area (TPSA) is 62.8 Å². The number of carbonyl (C=O) groups excluding carboxylic acids is 1. The Balaban J connectivity index is 1.32. The normalized spacial score (nSPS) is 13.3. The minimum absolute atomic E-state index is 0.257. The summed E-state index contributed by atoms with van der Waals surface area (Å²) in [4.78, 5) is 14.9. The number of para-hydroxylation sites is 3. The summed E-state index contributed by atoms with van der Waals surface area (Å²) in [6.45, 7) is 3.46. The van der Waals surface area contributed by atoms with Crippen LogP contribution in [0.4, 0.5) is 11.4 Å². The summed E-state index contributed by atoms with van der Waals surface area (Å²) in [5.74, 6) is 0.546. The molecule has 3 aromatic carbocycles. The first kappa shape index (κ1) is 21.8. The number of benzene rings is 3. The molecule has 0 saturated carbocycles. The van der Waals surface area contributed by atoms with Gasteiger partial charge in [0.15, 0.2) is 5.11 Å². The van der Waals surface area contributed by atoms with Crippen molar-refractivity contribution in [1.29, 1.82) is 0 Å². The molecular formula is C25H25N3O3S. The average Bonchev–Trinajstić information content (AvgIpc) is 2.84. The molecule has 6 nitrogen and oxygen atoms in total. The maximum Gasteiger partial charge on any atom is 0.257 e.